The molecule has 2 aromatic rings. The Morgan fingerprint density at radius 2 is 1.72 bits per heavy atom. The predicted molar refractivity (Wildman–Crippen MR) is 128 cm³/mol. The maximum absolute atomic E-state index is 12.7. The van der Waals surface area contributed by atoms with Gasteiger partial charge in [0.05, 0.1) is 15.6 Å². The Balaban J connectivity index is 0.00000145. The fourth-order valence-corrected chi connectivity index (χ4v) is 5.97. The average molecular weight is 548 g/mol. The molecule has 29 heavy (non-hydrogen) atoms. The summed E-state index contributed by atoms with van der Waals surface area (Å²) in [6, 6.07) is 11.4. The minimum absolute atomic E-state index is 0.242. The summed E-state index contributed by atoms with van der Waals surface area (Å²) in [4.78, 5) is 12.7. The summed E-state index contributed by atoms with van der Waals surface area (Å²) in [6.07, 6.45) is 0. The Morgan fingerprint density at radius 1 is 1.10 bits per heavy atom. The highest BCUT2D eigenvalue weighted by atomic mass is 127. The number of rotatable bonds is 5. The van der Waals surface area contributed by atoms with Gasteiger partial charge in [0.15, 0.2) is 0 Å². The van der Waals surface area contributed by atoms with Crippen molar-refractivity contribution < 1.29 is 17.9 Å². The quantitative estimate of drug-likeness (QED) is 0.564. The molecule has 1 saturated heterocycles. The van der Waals surface area contributed by atoms with Crippen molar-refractivity contribution >= 4 is 56.0 Å². The van der Waals surface area contributed by atoms with Crippen LogP contribution in [0.2, 0.25) is 0 Å². The first-order valence-electron chi connectivity index (χ1n) is 9.24. The highest BCUT2D eigenvalue weighted by Gasteiger charge is 2.26. The normalized spacial score (nSPS) is 14.5. The third kappa shape index (κ3) is 6.09. The maximum atomic E-state index is 12.7. The van der Waals surface area contributed by atoms with Gasteiger partial charge in [-0.05, 0) is 65.1 Å². The molecule has 1 aliphatic heterocycles. The number of carbonyl (C=O) groups is 1. The molecule has 0 saturated carbocycles. The van der Waals surface area contributed by atoms with Gasteiger partial charge >= 0.3 is 0 Å². The zero-order chi connectivity index (χ0) is 21.4. The van der Waals surface area contributed by atoms with E-state index >= 15 is 0 Å². The van der Waals surface area contributed by atoms with Gasteiger partial charge in [0.25, 0.3) is 5.91 Å². The van der Waals surface area contributed by atoms with Crippen LogP contribution in [0, 0.1) is 3.57 Å². The van der Waals surface area contributed by atoms with E-state index in [9.17, 15) is 13.2 Å². The molecular formula is C20H25IN2O4S2. The number of amides is 1. The smallest absolute Gasteiger partial charge is 0.255 e. The summed E-state index contributed by atoms with van der Waals surface area (Å²) >= 11 is 3.87. The number of sulfonamides is 1. The molecular weight excluding hydrogens is 523 g/mol. The zero-order valence-corrected chi connectivity index (χ0v) is 20.4. The molecule has 0 aliphatic carbocycles. The molecule has 158 valence electrons. The molecule has 1 heterocycles. The highest BCUT2D eigenvalue weighted by Crippen LogP contribution is 2.24. The van der Waals surface area contributed by atoms with Crippen LogP contribution >= 0.6 is 34.4 Å². The van der Waals surface area contributed by atoms with Crippen molar-refractivity contribution in [3.63, 3.8) is 0 Å². The van der Waals surface area contributed by atoms with Gasteiger partial charge in [-0.3, -0.25) is 4.79 Å². The van der Waals surface area contributed by atoms with Crippen molar-refractivity contribution in [2.45, 2.75) is 18.7 Å². The van der Waals surface area contributed by atoms with Crippen LogP contribution < -0.4 is 10.1 Å². The lowest BCUT2D eigenvalue weighted by atomic mass is 10.2. The molecule has 0 spiro atoms. The first-order chi connectivity index (χ1) is 13.9. The van der Waals surface area contributed by atoms with Crippen LogP contribution in [0.5, 0.6) is 5.75 Å². The largest absolute Gasteiger partial charge is 0.496 e. The molecule has 0 unspecified atom stereocenters. The molecule has 0 bridgehead atoms. The average Bonchev–Trinajstić information content (AvgIpc) is 2.76. The van der Waals surface area contributed by atoms with E-state index < -0.39 is 10.0 Å². The Labute approximate surface area is 190 Å². The number of hydrogen-bond donors (Lipinski definition) is 1. The first-order valence-corrected chi connectivity index (χ1v) is 12.9. The van der Waals surface area contributed by atoms with Gasteiger partial charge in [-0.15, -0.1) is 0 Å². The summed E-state index contributed by atoms with van der Waals surface area (Å²) in [6.45, 7) is 5.06. The first kappa shape index (κ1) is 24.0. The van der Waals surface area contributed by atoms with Gasteiger partial charge in [-0.25, -0.2) is 8.42 Å². The van der Waals surface area contributed by atoms with Crippen molar-refractivity contribution in [1.82, 2.24) is 4.31 Å². The molecule has 6 nitrogen and oxygen atoms in total. The van der Waals surface area contributed by atoms with Crippen LogP contribution in [0.1, 0.15) is 24.2 Å². The van der Waals surface area contributed by atoms with E-state index in [4.69, 9.17) is 4.74 Å². The van der Waals surface area contributed by atoms with E-state index in [1.807, 2.05) is 13.8 Å². The topological polar surface area (TPSA) is 75.7 Å². The van der Waals surface area contributed by atoms with Gasteiger partial charge < -0.3 is 10.1 Å². The second-order valence-corrected chi connectivity index (χ2v) is 10.2. The Hall–Kier alpha value is -1.30. The standard InChI is InChI=1S/C18H19IN2O4S2.C2H6/c1-25-17-7-2-13(12-16(17)19)18(22)20-14-3-5-15(6-4-14)27(23,24)21-8-10-26-11-9-21;1-2/h2-7,12H,8-11H2,1H3,(H,20,22);1-2H3. The Bertz CT molecular complexity index is 928. The highest BCUT2D eigenvalue weighted by molar-refractivity contribution is 14.1. The van der Waals surface area contributed by atoms with Crippen molar-refractivity contribution in [2.75, 3.05) is 37.0 Å². The molecule has 9 heteroatoms. The van der Waals surface area contributed by atoms with Gasteiger partial charge in [0.2, 0.25) is 10.0 Å². The zero-order valence-electron chi connectivity index (χ0n) is 16.6. The minimum atomic E-state index is -3.48. The van der Waals surface area contributed by atoms with E-state index in [1.54, 1.807) is 49.2 Å². The number of ether oxygens (including phenoxy) is 1. The number of hydrogen-bond acceptors (Lipinski definition) is 5. The lowest BCUT2D eigenvalue weighted by Gasteiger charge is -2.25. The van der Waals surface area contributed by atoms with Crippen molar-refractivity contribution in [3.8, 4) is 5.75 Å². The minimum Gasteiger partial charge on any atom is -0.496 e. The van der Waals surface area contributed by atoms with Crippen molar-refractivity contribution in [3.05, 3.63) is 51.6 Å². The number of anilines is 1. The molecule has 3 rings (SSSR count). The summed E-state index contributed by atoms with van der Waals surface area (Å²) in [7, 11) is -1.90. The molecule has 1 fully saturated rings. The van der Waals surface area contributed by atoms with Crippen LogP contribution in [0.4, 0.5) is 5.69 Å². The fraction of sp³-hybridized carbons (Fsp3) is 0.350. The molecule has 1 aliphatic rings. The number of halogens is 1. The van der Waals surface area contributed by atoms with Crippen LogP contribution in [0.25, 0.3) is 0 Å². The number of thioether (sulfide) groups is 1. The third-order valence-electron chi connectivity index (χ3n) is 4.13. The van der Waals surface area contributed by atoms with E-state index in [0.717, 1.165) is 15.1 Å². The number of methoxy groups -OCH3 is 1. The van der Waals surface area contributed by atoms with Gasteiger partial charge in [0.1, 0.15) is 5.75 Å². The van der Waals surface area contributed by atoms with Gasteiger partial charge in [-0.1, -0.05) is 13.8 Å². The Kier molecular flexibility index (Phi) is 9.25. The second-order valence-electron chi connectivity index (χ2n) is 5.84. The van der Waals surface area contributed by atoms with Crippen molar-refractivity contribution in [2.24, 2.45) is 0 Å². The lowest BCUT2D eigenvalue weighted by molar-refractivity contribution is 0.102. The molecule has 0 aromatic heterocycles. The van der Waals surface area contributed by atoms with Crippen molar-refractivity contribution in [1.29, 1.82) is 0 Å². The SMILES string of the molecule is CC.COc1ccc(C(=O)Nc2ccc(S(=O)(=O)N3CCSCC3)cc2)cc1I. The number of nitrogens with one attached hydrogen (secondary N) is 1. The number of nitrogens with zero attached hydrogens (tertiary/aromatic N) is 1. The molecule has 1 N–H and O–H groups in total. The Morgan fingerprint density at radius 3 is 2.28 bits per heavy atom. The molecule has 1 amide bonds. The summed E-state index contributed by atoms with van der Waals surface area (Å²) in [5, 5.41) is 2.79. The van der Waals surface area contributed by atoms with Gasteiger partial charge in [-0.2, -0.15) is 16.1 Å². The number of carbonyl (C=O) groups excluding carboxylic acids is 1. The summed E-state index contributed by atoms with van der Waals surface area (Å²) in [5.74, 6) is 2.07. The monoisotopic (exact) mass is 548 g/mol. The number of benzene rings is 2. The predicted octanol–water partition coefficient (Wildman–Crippen LogP) is 4.32. The molecule has 0 atom stereocenters. The van der Waals surface area contributed by atoms with E-state index in [1.165, 1.54) is 16.4 Å². The van der Waals surface area contributed by atoms with Gasteiger partial charge in [0, 0.05) is 35.8 Å². The van der Waals surface area contributed by atoms with Crippen LogP contribution in [0.3, 0.4) is 0 Å². The van der Waals surface area contributed by atoms with E-state index in [-0.39, 0.29) is 10.8 Å². The summed E-state index contributed by atoms with van der Waals surface area (Å²) < 4.78 is 32.9. The van der Waals surface area contributed by atoms with E-state index in [2.05, 4.69) is 27.9 Å². The third-order valence-corrected chi connectivity index (χ3v) is 7.83. The maximum Gasteiger partial charge on any atom is 0.255 e. The van der Waals surface area contributed by atoms with Crippen LogP contribution in [-0.2, 0) is 10.0 Å². The van der Waals surface area contributed by atoms with Crippen LogP contribution in [0.15, 0.2) is 47.4 Å². The fourth-order valence-electron chi connectivity index (χ4n) is 2.66. The van der Waals surface area contributed by atoms with E-state index in [0.29, 0.717) is 30.1 Å². The molecule has 2 aromatic carbocycles. The molecule has 0 radical (unpaired) electrons. The van der Waals surface area contributed by atoms with Crippen LogP contribution in [-0.4, -0.2) is 50.3 Å². The summed E-state index contributed by atoms with van der Waals surface area (Å²) in [5.41, 5.74) is 1.04. The second kappa shape index (κ2) is 11.2. The lowest BCUT2D eigenvalue weighted by Crippen LogP contribution is -2.37.